The summed E-state index contributed by atoms with van der Waals surface area (Å²) in [5.74, 6) is 10.7. The molecule has 1 heteroatoms. The van der Waals surface area contributed by atoms with Gasteiger partial charge < -0.3 is 4.74 Å². The topological polar surface area (TPSA) is 9.23 Å². The molecule has 62 valence electrons. The van der Waals surface area contributed by atoms with E-state index in [4.69, 9.17) is 17.6 Å². The number of hydrogen-bond donors (Lipinski definition) is 0. The molecule has 0 bridgehead atoms. The molecule has 0 atom stereocenters. The van der Waals surface area contributed by atoms with Gasteiger partial charge in [0, 0.05) is 12.8 Å². The third-order valence-electron chi connectivity index (χ3n) is 1.11. The van der Waals surface area contributed by atoms with Crippen LogP contribution in [0.4, 0.5) is 0 Å². The van der Waals surface area contributed by atoms with Crippen molar-refractivity contribution in [3.05, 3.63) is 0 Å². The molecular weight excluding hydrogens is 148 g/mol. The van der Waals surface area contributed by atoms with E-state index in [-0.39, 0.29) is 0 Å². The van der Waals surface area contributed by atoms with Gasteiger partial charge in [-0.05, 0) is 6.42 Å². The van der Waals surface area contributed by atoms with Crippen molar-refractivity contribution in [2.24, 2.45) is 0 Å². The minimum absolute atomic E-state index is 0.332. The summed E-state index contributed by atoms with van der Waals surface area (Å²) in [7, 11) is 0. The van der Waals surface area contributed by atoms with Crippen molar-refractivity contribution >= 4 is 0 Å². The molecule has 0 fully saturated rings. The number of ether oxygens (including phenoxy) is 1. The summed E-state index contributed by atoms with van der Waals surface area (Å²) in [6.07, 6.45) is 12.6. The Bertz CT molecular complexity index is 204. The van der Waals surface area contributed by atoms with Crippen LogP contribution in [0.15, 0.2) is 0 Å². The largest absolute Gasteiger partial charge is 0.356 e. The molecule has 0 aliphatic heterocycles. The first-order valence-corrected chi connectivity index (χ1v) is 3.82. The zero-order valence-electron chi connectivity index (χ0n) is 7.10. The van der Waals surface area contributed by atoms with E-state index in [0.717, 1.165) is 19.3 Å². The maximum atomic E-state index is 5.06. The predicted molar refractivity (Wildman–Crippen MR) is 50.1 cm³/mol. The predicted octanol–water partition coefficient (Wildman–Crippen LogP) is 1.44. The van der Waals surface area contributed by atoms with Crippen molar-refractivity contribution in [2.75, 3.05) is 13.2 Å². The van der Waals surface area contributed by atoms with Gasteiger partial charge >= 0.3 is 0 Å². The van der Waals surface area contributed by atoms with E-state index in [1.54, 1.807) is 0 Å². The third kappa shape index (κ3) is 8.64. The van der Waals surface area contributed by atoms with E-state index in [0.29, 0.717) is 13.2 Å². The highest BCUT2D eigenvalue weighted by molar-refractivity contribution is 5.00. The normalized spacial score (nSPS) is 7.50. The first-order chi connectivity index (χ1) is 5.91. The molecule has 0 rings (SSSR count). The van der Waals surface area contributed by atoms with Crippen LogP contribution in [0.1, 0.15) is 19.3 Å². The summed E-state index contributed by atoms with van der Waals surface area (Å²) in [6.45, 7) is 0.749. The zero-order valence-corrected chi connectivity index (χ0v) is 7.10. The molecule has 0 saturated carbocycles. The van der Waals surface area contributed by atoms with Crippen molar-refractivity contribution in [1.29, 1.82) is 0 Å². The van der Waals surface area contributed by atoms with Crippen LogP contribution in [0.2, 0.25) is 0 Å². The SMILES string of the molecule is C#CCCCC#CCOCC#C. The highest BCUT2D eigenvalue weighted by Gasteiger charge is 1.78. The van der Waals surface area contributed by atoms with Crippen LogP contribution in [0, 0.1) is 36.5 Å². The van der Waals surface area contributed by atoms with Crippen molar-refractivity contribution in [2.45, 2.75) is 19.3 Å². The fourth-order valence-corrected chi connectivity index (χ4v) is 0.579. The van der Waals surface area contributed by atoms with E-state index >= 15 is 0 Å². The van der Waals surface area contributed by atoms with Gasteiger partial charge in [0.25, 0.3) is 0 Å². The van der Waals surface area contributed by atoms with Crippen molar-refractivity contribution in [3.8, 4) is 36.5 Å². The first kappa shape index (κ1) is 10.6. The monoisotopic (exact) mass is 160 g/mol. The van der Waals surface area contributed by atoms with Crippen molar-refractivity contribution in [1.82, 2.24) is 0 Å². The lowest BCUT2D eigenvalue weighted by Crippen LogP contribution is -1.90. The Labute approximate surface area is 74.5 Å². The van der Waals surface area contributed by atoms with Gasteiger partial charge in [0.1, 0.15) is 13.2 Å². The lowest BCUT2D eigenvalue weighted by molar-refractivity contribution is 0.204. The Morgan fingerprint density at radius 1 is 0.917 bits per heavy atom. The number of unbranched alkanes of at least 4 members (excludes halogenated alkanes) is 2. The average Bonchev–Trinajstić information content (AvgIpc) is 2.10. The van der Waals surface area contributed by atoms with E-state index in [2.05, 4.69) is 23.7 Å². The molecule has 0 aliphatic carbocycles. The van der Waals surface area contributed by atoms with E-state index in [9.17, 15) is 0 Å². The van der Waals surface area contributed by atoms with Gasteiger partial charge in [-0.25, -0.2) is 0 Å². The average molecular weight is 160 g/mol. The Morgan fingerprint density at radius 3 is 2.42 bits per heavy atom. The fraction of sp³-hybridized carbons (Fsp3) is 0.455. The zero-order chi connectivity index (χ0) is 9.07. The quantitative estimate of drug-likeness (QED) is 0.446. The Morgan fingerprint density at radius 2 is 1.75 bits per heavy atom. The summed E-state index contributed by atoms with van der Waals surface area (Å²) < 4.78 is 4.94. The lowest BCUT2D eigenvalue weighted by Gasteiger charge is -1.88. The van der Waals surface area contributed by atoms with Gasteiger partial charge in [0.15, 0.2) is 0 Å². The Hall–Kier alpha value is -1.36. The minimum Gasteiger partial charge on any atom is -0.356 e. The molecule has 0 aliphatic rings. The summed E-state index contributed by atoms with van der Waals surface area (Å²) in [6, 6.07) is 0. The van der Waals surface area contributed by atoms with Gasteiger partial charge in [0.05, 0.1) is 0 Å². The maximum absolute atomic E-state index is 5.06. The molecule has 0 unspecified atom stereocenters. The first-order valence-electron chi connectivity index (χ1n) is 3.82. The van der Waals surface area contributed by atoms with Crippen LogP contribution in [-0.2, 0) is 4.74 Å². The molecule has 12 heavy (non-hydrogen) atoms. The molecule has 0 aromatic carbocycles. The van der Waals surface area contributed by atoms with E-state index < -0.39 is 0 Å². The van der Waals surface area contributed by atoms with Gasteiger partial charge in [-0.3, -0.25) is 0 Å². The highest BCUT2D eigenvalue weighted by Crippen LogP contribution is 1.90. The van der Waals surface area contributed by atoms with Crippen LogP contribution in [0.3, 0.4) is 0 Å². The molecule has 0 N–H and O–H groups in total. The van der Waals surface area contributed by atoms with Gasteiger partial charge in [-0.1, -0.05) is 11.8 Å². The smallest absolute Gasteiger partial charge is 0.109 e. The van der Waals surface area contributed by atoms with Gasteiger partial charge in [-0.2, -0.15) is 0 Å². The Kier molecular flexibility index (Phi) is 8.55. The fourth-order valence-electron chi connectivity index (χ4n) is 0.579. The molecule has 1 nitrogen and oxygen atoms in total. The summed E-state index contributed by atoms with van der Waals surface area (Å²) >= 11 is 0. The molecule has 0 radical (unpaired) electrons. The third-order valence-corrected chi connectivity index (χ3v) is 1.11. The molecule has 0 saturated heterocycles. The molecule has 0 aromatic rings. The van der Waals surface area contributed by atoms with Crippen LogP contribution in [0.5, 0.6) is 0 Å². The van der Waals surface area contributed by atoms with Crippen molar-refractivity contribution < 1.29 is 4.74 Å². The second-order valence-electron chi connectivity index (χ2n) is 2.11. The maximum Gasteiger partial charge on any atom is 0.109 e. The molecule has 0 spiro atoms. The van der Waals surface area contributed by atoms with Crippen LogP contribution >= 0.6 is 0 Å². The summed E-state index contributed by atoms with van der Waals surface area (Å²) in [5.41, 5.74) is 0. The standard InChI is InChI=1S/C11H12O/c1-3-5-6-7-8-9-11-12-10-4-2/h1-2H,5-7,10-11H2. The van der Waals surface area contributed by atoms with Crippen LogP contribution in [0.25, 0.3) is 0 Å². The number of hydrogen-bond acceptors (Lipinski definition) is 1. The van der Waals surface area contributed by atoms with Crippen molar-refractivity contribution in [3.63, 3.8) is 0 Å². The van der Waals surface area contributed by atoms with E-state index in [1.807, 2.05) is 0 Å². The molecule has 0 aromatic heterocycles. The molecular formula is C11H12O. The Balaban J connectivity index is 3.14. The highest BCUT2D eigenvalue weighted by atomic mass is 16.5. The van der Waals surface area contributed by atoms with Gasteiger partial charge in [-0.15, -0.1) is 24.7 Å². The second-order valence-corrected chi connectivity index (χ2v) is 2.11. The molecule has 0 amide bonds. The number of terminal acetylenes is 2. The lowest BCUT2D eigenvalue weighted by atomic mass is 10.2. The van der Waals surface area contributed by atoms with Crippen LogP contribution < -0.4 is 0 Å². The minimum atomic E-state index is 0.332. The van der Waals surface area contributed by atoms with E-state index in [1.165, 1.54) is 0 Å². The van der Waals surface area contributed by atoms with Crippen LogP contribution in [-0.4, -0.2) is 13.2 Å². The summed E-state index contributed by atoms with van der Waals surface area (Å²) in [5, 5.41) is 0. The second kappa shape index (κ2) is 9.64. The number of rotatable bonds is 4. The summed E-state index contributed by atoms with van der Waals surface area (Å²) in [4.78, 5) is 0. The van der Waals surface area contributed by atoms with Gasteiger partial charge in [0.2, 0.25) is 0 Å². The molecule has 0 heterocycles.